The molecule has 0 unspecified atom stereocenters. The number of fused-ring (bicyclic) bond motifs is 3. The smallest absolute Gasteiger partial charge is 0.407 e. The fraction of sp³-hybridized carbons (Fsp3) is 0.632. The van der Waals surface area contributed by atoms with Gasteiger partial charge in [0, 0.05) is 19.1 Å². The first-order chi connectivity index (χ1) is 26.2. The molecule has 53 heavy (non-hydrogen) atoms. The second-order valence-corrected chi connectivity index (χ2v) is 11.6. The van der Waals surface area contributed by atoms with Crippen molar-refractivity contribution in [2.75, 3.05) is 145 Å². The Morgan fingerprint density at radius 1 is 0.491 bits per heavy atom. The predicted molar refractivity (Wildman–Crippen MR) is 194 cm³/mol. The zero-order valence-electron chi connectivity index (χ0n) is 30.7. The van der Waals surface area contributed by atoms with E-state index in [1.54, 1.807) is 0 Å². The van der Waals surface area contributed by atoms with Gasteiger partial charge in [-0.1, -0.05) is 48.5 Å². The Balaban J connectivity index is 0.955. The number of alkyl carbamates (subject to hydrolysis) is 1. The summed E-state index contributed by atoms with van der Waals surface area (Å²) in [7, 11) is 0. The standard InChI is InChI=1S/C38H57NO14/c40-37(41)31-52-29-28-51-27-26-50-25-24-49-23-22-48-21-20-47-19-18-46-17-16-45-15-14-44-13-12-43-11-5-10-39-38(42)53-30-36-34-8-3-1-6-32(34)33-7-2-4-9-35(33)36/h1-4,6-9,36H,5,10-31H2,(H,39,42)(H,40,41). The van der Waals surface area contributed by atoms with Crippen LogP contribution in [-0.4, -0.2) is 162 Å². The van der Waals surface area contributed by atoms with Gasteiger partial charge in [-0.25, -0.2) is 9.59 Å². The largest absolute Gasteiger partial charge is 0.480 e. The van der Waals surface area contributed by atoms with Gasteiger partial charge in [0.15, 0.2) is 0 Å². The van der Waals surface area contributed by atoms with E-state index in [4.69, 9.17) is 57.2 Å². The number of carbonyl (C=O) groups excluding carboxylic acids is 1. The fourth-order valence-electron chi connectivity index (χ4n) is 5.15. The van der Waals surface area contributed by atoms with Crippen LogP contribution >= 0.6 is 0 Å². The Bertz CT molecular complexity index is 1190. The van der Waals surface area contributed by atoms with Gasteiger partial charge in [-0.2, -0.15) is 0 Å². The third kappa shape index (κ3) is 20.7. The SMILES string of the molecule is O=C(O)COCCOCCOCCOCCOCCOCCOCCOCCOCCOCCCNC(=O)OCC1c2ccccc2-c2ccccc21. The molecule has 0 heterocycles. The lowest BCUT2D eigenvalue weighted by Crippen LogP contribution is -2.27. The van der Waals surface area contributed by atoms with Crippen molar-refractivity contribution in [3.8, 4) is 11.1 Å². The quantitative estimate of drug-likeness (QED) is 0.0986. The highest BCUT2D eigenvalue weighted by atomic mass is 16.6. The molecule has 0 bridgehead atoms. The minimum absolute atomic E-state index is 0.0451. The summed E-state index contributed by atoms with van der Waals surface area (Å²) in [4.78, 5) is 22.5. The zero-order chi connectivity index (χ0) is 37.4. The molecular weight excluding hydrogens is 694 g/mol. The van der Waals surface area contributed by atoms with Gasteiger partial charge in [-0.05, 0) is 28.7 Å². The van der Waals surface area contributed by atoms with Crippen LogP contribution in [0.1, 0.15) is 23.5 Å². The first kappa shape index (κ1) is 44.2. The number of carboxylic acid groups (broad SMARTS) is 1. The summed E-state index contributed by atoms with van der Waals surface area (Å²) < 4.78 is 59.5. The summed E-state index contributed by atoms with van der Waals surface area (Å²) in [5.41, 5.74) is 4.79. The van der Waals surface area contributed by atoms with Gasteiger partial charge in [0.2, 0.25) is 0 Å². The number of rotatable bonds is 35. The maximum absolute atomic E-state index is 12.3. The summed E-state index contributed by atoms with van der Waals surface area (Å²) in [5.74, 6) is -0.954. The van der Waals surface area contributed by atoms with E-state index in [0.717, 1.165) is 0 Å². The summed E-state index contributed by atoms with van der Waals surface area (Å²) in [6.07, 6.45) is 0.258. The molecule has 15 nitrogen and oxygen atoms in total. The molecule has 2 N–H and O–H groups in total. The summed E-state index contributed by atoms with van der Waals surface area (Å²) in [6.45, 7) is 8.96. The predicted octanol–water partition coefficient (Wildman–Crippen LogP) is 3.17. The summed E-state index contributed by atoms with van der Waals surface area (Å²) in [6, 6.07) is 16.5. The highest BCUT2D eigenvalue weighted by molar-refractivity contribution is 5.79. The molecule has 2 aromatic rings. The van der Waals surface area contributed by atoms with Crippen molar-refractivity contribution in [2.24, 2.45) is 0 Å². The topological polar surface area (TPSA) is 168 Å². The van der Waals surface area contributed by atoms with Gasteiger partial charge in [-0.3, -0.25) is 0 Å². The molecule has 15 heteroatoms. The van der Waals surface area contributed by atoms with Gasteiger partial charge in [0.05, 0.1) is 119 Å². The molecule has 1 aliphatic rings. The molecule has 0 aromatic heterocycles. The van der Waals surface area contributed by atoms with Crippen molar-refractivity contribution in [1.82, 2.24) is 5.32 Å². The maximum Gasteiger partial charge on any atom is 0.407 e. The number of ether oxygens (including phenoxy) is 11. The maximum atomic E-state index is 12.3. The molecule has 0 atom stereocenters. The van der Waals surface area contributed by atoms with Gasteiger partial charge in [-0.15, -0.1) is 0 Å². The van der Waals surface area contributed by atoms with E-state index in [0.29, 0.717) is 138 Å². The fourth-order valence-corrected chi connectivity index (χ4v) is 5.15. The van der Waals surface area contributed by atoms with Crippen LogP contribution in [0.15, 0.2) is 48.5 Å². The number of hydrogen-bond acceptors (Lipinski definition) is 13. The highest BCUT2D eigenvalue weighted by Gasteiger charge is 2.28. The van der Waals surface area contributed by atoms with Crippen LogP contribution in [-0.2, 0) is 56.9 Å². The van der Waals surface area contributed by atoms with Gasteiger partial charge < -0.3 is 62.5 Å². The van der Waals surface area contributed by atoms with E-state index in [1.807, 2.05) is 24.3 Å². The summed E-state index contributed by atoms with van der Waals surface area (Å²) in [5, 5.41) is 11.2. The van der Waals surface area contributed by atoms with Crippen molar-refractivity contribution < 1.29 is 66.8 Å². The van der Waals surface area contributed by atoms with Crippen LogP contribution in [0.2, 0.25) is 0 Å². The van der Waals surface area contributed by atoms with Crippen molar-refractivity contribution in [1.29, 1.82) is 0 Å². The van der Waals surface area contributed by atoms with Crippen molar-refractivity contribution in [2.45, 2.75) is 12.3 Å². The number of hydrogen-bond donors (Lipinski definition) is 2. The molecule has 0 aliphatic heterocycles. The van der Waals surface area contributed by atoms with E-state index in [1.165, 1.54) is 22.3 Å². The Kier molecular flexibility index (Phi) is 25.1. The van der Waals surface area contributed by atoms with Gasteiger partial charge >= 0.3 is 12.1 Å². The van der Waals surface area contributed by atoms with Crippen LogP contribution in [0.3, 0.4) is 0 Å². The lowest BCUT2D eigenvalue weighted by atomic mass is 9.98. The number of carbonyl (C=O) groups is 2. The second-order valence-electron chi connectivity index (χ2n) is 11.6. The molecule has 1 amide bonds. The van der Waals surface area contributed by atoms with Crippen LogP contribution < -0.4 is 5.32 Å². The third-order valence-electron chi connectivity index (χ3n) is 7.65. The van der Waals surface area contributed by atoms with Gasteiger partial charge in [0.25, 0.3) is 0 Å². The molecule has 3 rings (SSSR count). The van der Waals surface area contributed by atoms with Crippen LogP contribution in [0.25, 0.3) is 11.1 Å². The first-order valence-electron chi connectivity index (χ1n) is 18.2. The number of benzene rings is 2. The van der Waals surface area contributed by atoms with E-state index in [9.17, 15) is 9.59 Å². The van der Waals surface area contributed by atoms with Crippen LogP contribution in [0.4, 0.5) is 4.79 Å². The minimum Gasteiger partial charge on any atom is -0.480 e. The zero-order valence-corrected chi connectivity index (χ0v) is 30.7. The monoisotopic (exact) mass is 751 g/mol. The Morgan fingerprint density at radius 3 is 1.21 bits per heavy atom. The van der Waals surface area contributed by atoms with Gasteiger partial charge in [0.1, 0.15) is 13.2 Å². The molecule has 0 saturated heterocycles. The molecular formula is C38H57NO14. The Morgan fingerprint density at radius 2 is 0.830 bits per heavy atom. The molecule has 0 spiro atoms. The van der Waals surface area contributed by atoms with Crippen LogP contribution in [0.5, 0.6) is 0 Å². The Hall–Kier alpha value is -3.22. The third-order valence-corrected chi connectivity index (χ3v) is 7.65. The molecule has 0 radical (unpaired) electrons. The Labute approximate surface area is 312 Å². The summed E-state index contributed by atoms with van der Waals surface area (Å²) >= 11 is 0. The number of amides is 1. The van der Waals surface area contributed by atoms with E-state index >= 15 is 0 Å². The normalized spacial score (nSPS) is 12.2. The van der Waals surface area contributed by atoms with Crippen molar-refractivity contribution in [3.63, 3.8) is 0 Å². The number of carboxylic acids is 1. The van der Waals surface area contributed by atoms with Crippen molar-refractivity contribution in [3.05, 3.63) is 59.7 Å². The molecule has 2 aromatic carbocycles. The molecule has 298 valence electrons. The lowest BCUT2D eigenvalue weighted by molar-refractivity contribution is -0.142. The van der Waals surface area contributed by atoms with Crippen molar-refractivity contribution >= 4 is 12.1 Å². The van der Waals surface area contributed by atoms with Crippen LogP contribution in [0, 0.1) is 0 Å². The first-order valence-corrected chi connectivity index (χ1v) is 18.2. The highest BCUT2D eigenvalue weighted by Crippen LogP contribution is 2.44. The second kappa shape index (κ2) is 30.1. The molecule has 0 fully saturated rings. The average molecular weight is 752 g/mol. The van der Waals surface area contributed by atoms with E-state index in [-0.39, 0.29) is 19.1 Å². The minimum atomic E-state index is -0.999. The number of nitrogens with one attached hydrogen (secondary N) is 1. The molecule has 1 aliphatic carbocycles. The lowest BCUT2D eigenvalue weighted by Gasteiger charge is -2.14. The van der Waals surface area contributed by atoms with E-state index in [2.05, 4.69) is 29.6 Å². The average Bonchev–Trinajstić information content (AvgIpc) is 3.49. The molecule has 0 saturated carbocycles. The number of aliphatic carboxylic acids is 1. The van der Waals surface area contributed by atoms with E-state index < -0.39 is 12.1 Å².